The molecule has 1 amide bonds. The van der Waals surface area contributed by atoms with Gasteiger partial charge in [-0.15, -0.1) is 0 Å². The van der Waals surface area contributed by atoms with Crippen LogP contribution in [0.4, 0.5) is 5.82 Å². The Labute approximate surface area is 101 Å². The highest BCUT2D eigenvalue weighted by molar-refractivity contribution is 6.28. The Morgan fingerprint density at radius 1 is 1.53 bits per heavy atom. The molecular weight excluding hydrogens is 244 g/mol. The van der Waals surface area contributed by atoms with Gasteiger partial charge in [-0.3, -0.25) is 9.69 Å². The number of anilines is 1. The average Bonchev–Trinajstić information content (AvgIpc) is 2.83. The molecule has 0 bridgehead atoms. The Bertz CT molecular complexity index is 596. The molecule has 3 rings (SSSR count). The largest absolute Gasteiger partial charge is 0.340 e. The van der Waals surface area contributed by atoms with Gasteiger partial charge >= 0.3 is 0 Å². The van der Waals surface area contributed by atoms with E-state index in [1.54, 1.807) is 0 Å². The maximum Gasteiger partial charge on any atom is 0.229 e. The molecule has 1 aliphatic rings. The lowest BCUT2D eigenvalue weighted by Crippen LogP contribution is -2.29. The first-order chi connectivity index (χ1) is 8.15. The summed E-state index contributed by atoms with van der Waals surface area (Å²) in [5, 5.41) is 0.0628. The van der Waals surface area contributed by atoms with Gasteiger partial charge < -0.3 is 10.7 Å². The van der Waals surface area contributed by atoms with Crippen LogP contribution in [0.2, 0.25) is 5.28 Å². The number of nitrogens with one attached hydrogen (secondary N) is 1. The SMILES string of the molecule is NC1CC(=O)N(c2nc(Cl)nc3nc[nH]c23)C1. The third-order valence-electron chi connectivity index (χ3n) is 2.65. The summed E-state index contributed by atoms with van der Waals surface area (Å²) < 4.78 is 0. The van der Waals surface area contributed by atoms with Gasteiger partial charge in [-0.25, -0.2) is 4.98 Å². The minimum atomic E-state index is -0.172. The van der Waals surface area contributed by atoms with Crippen molar-refractivity contribution in [2.45, 2.75) is 12.5 Å². The Balaban J connectivity index is 2.16. The number of hydrogen-bond acceptors (Lipinski definition) is 5. The molecule has 0 aliphatic carbocycles. The molecule has 2 aromatic heterocycles. The second-order valence-electron chi connectivity index (χ2n) is 3.89. The van der Waals surface area contributed by atoms with Crippen LogP contribution in [-0.4, -0.2) is 38.4 Å². The molecule has 88 valence electrons. The van der Waals surface area contributed by atoms with Crippen LogP contribution in [0.25, 0.3) is 11.2 Å². The molecular formula is C9H9ClN6O. The van der Waals surface area contributed by atoms with Crippen molar-refractivity contribution in [1.82, 2.24) is 19.9 Å². The number of imidazole rings is 1. The number of fused-ring (bicyclic) bond motifs is 1. The second kappa shape index (κ2) is 3.64. The van der Waals surface area contributed by atoms with Crippen molar-refractivity contribution >= 4 is 34.5 Å². The lowest BCUT2D eigenvalue weighted by atomic mass is 10.3. The number of aromatic nitrogens is 4. The van der Waals surface area contributed by atoms with Crippen LogP contribution >= 0.6 is 11.6 Å². The number of rotatable bonds is 1. The number of aromatic amines is 1. The van der Waals surface area contributed by atoms with Gasteiger partial charge in [0.2, 0.25) is 11.2 Å². The minimum absolute atomic E-state index is 0.0628. The number of nitrogens with two attached hydrogens (primary N) is 1. The smallest absolute Gasteiger partial charge is 0.229 e. The maximum absolute atomic E-state index is 11.8. The van der Waals surface area contributed by atoms with E-state index in [9.17, 15) is 4.79 Å². The van der Waals surface area contributed by atoms with Crippen LogP contribution < -0.4 is 10.6 Å². The topological polar surface area (TPSA) is 101 Å². The van der Waals surface area contributed by atoms with Gasteiger partial charge in [0.15, 0.2) is 11.5 Å². The molecule has 17 heavy (non-hydrogen) atoms. The quantitative estimate of drug-likeness (QED) is 0.700. The first-order valence-electron chi connectivity index (χ1n) is 5.07. The standard InChI is InChI=1S/C9H9ClN6O/c10-9-14-7-6(12-3-13-7)8(15-9)16-2-4(11)1-5(16)17/h3-4H,1-2,11H2,(H,12,13,14,15). The van der Waals surface area contributed by atoms with E-state index >= 15 is 0 Å². The maximum atomic E-state index is 11.8. The summed E-state index contributed by atoms with van der Waals surface area (Å²) in [6.45, 7) is 0.431. The summed E-state index contributed by atoms with van der Waals surface area (Å²) in [5.74, 6) is 0.374. The van der Waals surface area contributed by atoms with E-state index < -0.39 is 0 Å². The molecule has 0 saturated carbocycles. The minimum Gasteiger partial charge on any atom is -0.340 e. The number of halogens is 1. The molecule has 0 aromatic carbocycles. The fraction of sp³-hybridized carbons (Fsp3) is 0.333. The molecule has 0 spiro atoms. The number of hydrogen-bond donors (Lipinski definition) is 2. The molecule has 2 aromatic rings. The highest BCUT2D eigenvalue weighted by atomic mass is 35.5. The van der Waals surface area contributed by atoms with Gasteiger partial charge in [0, 0.05) is 19.0 Å². The summed E-state index contributed by atoms with van der Waals surface area (Å²) in [4.78, 5) is 28.2. The highest BCUT2D eigenvalue weighted by Gasteiger charge is 2.31. The summed E-state index contributed by atoms with van der Waals surface area (Å²) in [6, 6.07) is -0.172. The number of carbonyl (C=O) groups excluding carboxylic acids is 1. The molecule has 3 heterocycles. The lowest BCUT2D eigenvalue weighted by Gasteiger charge is -2.15. The van der Waals surface area contributed by atoms with Gasteiger partial charge in [-0.1, -0.05) is 0 Å². The zero-order valence-electron chi connectivity index (χ0n) is 8.72. The normalized spacial score (nSPS) is 20.5. The Morgan fingerprint density at radius 3 is 3.06 bits per heavy atom. The van der Waals surface area contributed by atoms with Crippen LogP contribution in [0.1, 0.15) is 6.42 Å². The molecule has 8 heteroatoms. The van der Waals surface area contributed by atoms with Crippen molar-refractivity contribution < 1.29 is 4.79 Å². The van der Waals surface area contributed by atoms with Crippen LogP contribution in [0.15, 0.2) is 6.33 Å². The summed E-state index contributed by atoms with van der Waals surface area (Å²) >= 11 is 5.80. The number of amides is 1. The van der Waals surface area contributed by atoms with E-state index in [0.29, 0.717) is 29.9 Å². The lowest BCUT2D eigenvalue weighted by molar-refractivity contribution is -0.117. The molecule has 1 fully saturated rings. The molecule has 1 saturated heterocycles. The van der Waals surface area contributed by atoms with Gasteiger partial charge in [-0.2, -0.15) is 9.97 Å². The fourth-order valence-corrected chi connectivity index (χ4v) is 2.09. The Hall–Kier alpha value is -1.73. The van der Waals surface area contributed by atoms with E-state index in [1.807, 2.05) is 0 Å². The van der Waals surface area contributed by atoms with Crippen LogP contribution in [0.5, 0.6) is 0 Å². The first-order valence-corrected chi connectivity index (χ1v) is 5.45. The average molecular weight is 253 g/mol. The molecule has 7 nitrogen and oxygen atoms in total. The van der Waals surface area contributed by atoms with Gasteiger partial charge in [0.25, 0.3) is 0 Å². The summed E-state index contributed by atoms with van der Waals surface area (Å²) in [6.07, 6.45) is 1.80. The molecule has 3 N–H and O–H groups in total. The number of carbonyl (C=O) groups is 1. The summed E-state index contributed by atoms with van der Waals surface area (Å²) in [7, 11) is 0. The van der Waals surface area contributed by atoms with Crippen LogP contribution in [0.3, 0.4) is 0 Å². The third-order valence-corrected chi connectivity index (χ3v) is 2.82. The van der Waals surface area contributed by atoms with Crippen molar-refractivity contribution in [3.63, 3.8) is 0 Å². The molecule has 1 aliphatic heterocycles. The van der Waals surface area contributed by atoms with Crippen molar-refractivity contribution in [3.05, 3.63) is 11.6 Å². The highest BCUT2D eigenvalue weighted by Crippen LogP contribution is 2.26. The van der Waals surface area contributed by atoms with E-state index in [0.717, 1.165) is 0 Å². The summed E-state index contributed by atoms with van der Waals surface area (Å²) in [5.41, 5.74) is 6.78. The van der Waals surface area contributed by atoms with Gasteiger partial charge in [0.1, 0.15) is 5.52 Å². The van der Waals surface area contributed by atoms with Gasteiger partial charge in [0.05, 0.1) is 6.33 Å². The van der Waals surface area contributed by atoms with E-state index in [-0.39, 0.29) is 17.2 Å². The van der Waals surface area contributed by atoms with Gasteiger partial charge in [-0.05, 0) is 11.6 Å². The van der Waals surface area contributed by atoms with Crippen molar-refractivity contribution in [1.29, 1.82) is 0 Å². The van der Waals surface area contributed by atoms with Crippen molar-refractivity contribution in [2.75, 3.05) is 11.4 Å². The third kappa shape index (κ3) is 1.63. The monoisotopic (exact) mass is 252 g/mol. The fourth-order valence-electron chi connectivity index (χ4n) is 1.93. The number of H-pyrrole nitrogens is 1. The first kappa shape index (κ1) is 10.4. The molecule has 1 atom stereocenters. The zero-order valence-corrected chi connectivity index (χ0v) is 9.48. The second-order valence-corrected chi connectivity index (χ2v) is 4.22. The van der Waals surface area contributed by atoms with Crippen LogP contribution in [-0.2, 0) is 4.79 Å². The van der Waals surface area contributed by atoms with E-state index in [4.69, 9.17) is 17.3 Å². The van der Waals surface area contributed by atoms with Crippen molar-refractivity contribution in [3.8, 4) is 0 Å². The number of nitrogens with zero attached hydrogens (tertiary/aromatic N) is 4. The molecule has 1 unspecified atom stereocenters. The Kier molecular flexibility index (Phi) is 2.23. The predicted octanol–water partition coefficient (Wildman–Crippen LogP) is 0.0703. The predicted molar refractivity (Wildman–Crippen MR) is 61.6 cm³/mol. The Morgan fingerprint density at radius 2 is 2.35 bits per heavy atom. The van der Waals surface area contributed by atoms with E-state index in [1.165, 1.54) is 11.2 Å². The van der Waals surface area contributed by atoms with Crippen LogP contribution in [0, 0.1) is 0 Å². The zero-order chi connectivity index (χ0) is 12.0. The van der Waals surface area contributed by atoms with Crippen molar-refractivity contribution in [2.24, 2.45) is 5.73 Å². The molecule has 0 radical (unpaired) electrons. The van der Waals surface area contributed by atoms with E-state index in [2.05, 4.69) is 19.9 Å².